The monoisotopic (exact) mass is 334 g/mol. The smallest absolute Gasteiger partial charge is 0.270 e. The number of non-ortho nitro benzene ring substituents is 1. The summed E-state index contributed by atoms with van der Waals surface area (Å²) in [7, 11) is 0. The van der Waals surface area contributed by atoms with E-state index < -0.39 is 10.7 Å². The molecule has 0 fully saturated rings. The fraction of sp³-hybridized carbons (Fsp3) is 0. The first-order chi connectivity index (χ1) is 12.1. The van der Waals surface area contributed by atoms with Crippen molar-refractivity contribution < 1.29 is 13.7 Å². The SMILES string of the molecule is N#CC(=Cc1ccc(-c2cccc([N+](=O)[O-])c2)o1)c1cccc(F)c1. The second kappa shape index (κ2) is 6.81. The maximum Gasteiger partial charge on any atom is 0.270 e. The molecule has 3 aromatic rings. The van der Waals surface area contributed by atoms with Gasteiger partial charge in [-0.05, 0) is 35.9 Å². The Kier molecular flexibility index (Phi) is 4.40. The number of benzene rings is 2. The lowest BCUT2D eigenvalue weighted by Crippen LogP contribution is -1.87. The summed E-state index contributed by atoms with van der Waals surface area (Å²) in [5, 5.41) is 20.2. The molecule has 0 saturated heterocycles. The molecule has 0 amide bonds. The van der Waals surface area contributed by atoms with E-state index in [9.17, 15) is 19.8 Å². The van der Waals surface area contributed by atoms with Crippen molar-refractivity contribution in [2.24, 2.45) is 0 Å². The first-order valence-corrected chi connectivity index (χ1v) is 7.29. The minimum absolute atomic E-state index is 0.0385. The van der Waals surface area contributed by atoms with Crippen molar-refractivity contribution in [2.45, 2.75) is 0 Å². The van der Waals surface area contributed by atoms with Crippen LogP contribution in [-0.4, -0.2) is 4.92 Å². The highest BCUT2D eigenvalue weighted by molar-refractivity contribution is 5.88. The number of halogens is 1. The van der Waals surface area contributed by atoms with Gasteiger partial charge in [-0.1, -0.05) is 24.3 Å². The van der Waals surface area contributed by atoms with E-state index in [4.69, 9.17) is 4.42 Å². The molecule has 0 saturated carbocycles. The van der Waals surface area contributed by atoms with E-state index in [1.54, 1.807) is 30.3 Å². The van der Waals surface area contributed by atoms with Gasteiger partial charge in [0.1, 0.15) is 17.3 Å². The van der Waals surface area contributed by atoms with E-state index in [1.165, 1.54) is 36.4 Å². The van der Waals surface area contributed by atoms with E-state index in [0.29, 0.717) is 22.6 Å². The minimum atomic E-state index is -0.481. The van der Waals surface area contributed by atoms with Gasteiger partial charge in [-0.3, -0.25) is 10.1 Å². The number of rotatable bonds is 4. The summed E-state index contributed by atoms with van der Waals surface area (Å²) in [5.74, 6) is 0.393. The number of nitro benzene ring substituents is 1. The van der Waals surface area contributed by atoms with Crippen molar-refractivity contribution in [3.63, 3.8) is 0 Å². The van der Waals surface area contributed by atoms with Gasteiger partial charge < -0.3 is 4.42 Å². The van der Waals surface area contributed by atoms with E-state index in [0.717, 1.165) is 0 Å². The molecule has 3 rings (SSSR count). The fourth-order valence-corrected chi connectivity index (χ4v) is 2.34. The van der Waals surface area contributed by atoms with Gasteiger partial charge in [0.05, 0.1) is 16.6 Å². The van der Waals surface area contributed by atoms with Crippen molar-refractivity contribution >= 4 is 17.3 Å². The third kappa shape index (κ3) is 3.62. The molecule has 0 radical (unpaired) electrons. The summed E-state index contributed by atoms with van der Waals surface area (Å²) in [6.45, 7) is 0. The van der Waals surface area contributed by atoms with Crippen molar-refractivity contribution in [1.82, 2.24) is 0 Å². The highest BCUT2D eigenvalue weighted by Crippen LogP contribution is 2.27. The van der Waals surface area contributed by atoms with Crippen LogP contribution in [0.5, 0.6) is 0 Å². The molecule has 0 aliphatic heterocycles. The van der Waals surface area contributed by atoms with E-state index in [-0.39, 0.29) is 11.3 Å². The predicted octanol–water partition coefficient (Wildman–Crippen LogP) is 5.06. The van der Waals surface area contributed by atoms with Crippen LogP contribution in [0.3, 0.4) is 0 Å². The summed E-state index contributed by atoms with van der Waals surface area (Å²) in [6, 6.07) is 17.1. The van der Waals surface area contributed by atoms with Gasteiger partial charge in [0.15, 0.2) is 0 Å². The Labute approximate surface area is 142 Å². The number of nitrogens with zero attached hydrogens (tertiary/aromatic N) is 2. The molecule has 2 aromatic carbocycles. The largest absolute Gasteiger partial charge is 0.457 e. The molecule has 0 aliphatic carbocycles. The molecule has 1 aromatic heterocycles. The summed E-state index contributed by atoms with van der Waals surface area (Å²) < 4.78 is 19.0. The second-order valence-electron chi connectivity index (χ2n) is 5.19. The number of hydrogen-bond donors (Lipinski definition) is 0. The molecule has 0 unspecified atom stereocenters. The first-order valence-electron chi connectivity index (χ1n) is 7.29. The third-order valence-electron chi connectivity index (χ3n) is 3.51. The molecule has 0 aliphatic rings. The Morgan fingerprint density at radius 1 is 1.16 bits per heavy atom. The highest BCUT2D eigenvalue weighted by Gasteiger charge is 2.10. The maximum atomic E-state index is 13.3. The Morgan fingerprint density at radius 3 is 2.68 bits per heavy atom. The molecule has 0 atom stereocenters. The second-order valence-corrected chi connectivity index (χ2v) is 5.19. The van der Waals surface area contributed by atoms with Gasteiger partial charge in [-0.25, -0.2) is 4.39 Å². The Balaban J connectivity index is 1.94. The molecule has 5 nitrogen and oxygen atoms in total. The molecular weight excluding hydrogens is 323 g/mol. The minimum Gasteiger partial charge on any atom is -0.457 e. The molecule has 25 heavy (non-hydrogen) atoms. The quantitative estimate of drug-likeness (QED) is 0.379. The normalized spacial score (nSPS) is 11.1. The molecule has 1 heterocycles. The van der Waals surface area contributed by atoms with Crippen LogP contribution in [0.1, 0.15) is 11.3 Å². The van der Waals surface area contributed by atoms with Crippen molar-refractivity contribution in [1.29, 1.82) is 5.26 Å². The van der Waals surface area contributed by atoms with Crippen molar-refractivity contribution in [3.05, 3.63) is 87.9 Å². The van der Waals surface area contributed by atoms with Crippen LogP contribution >= 0.6 is 0 Å². The van der Waals surface area contributed by atoms with Gasteiger partial charge in [0.25, 0.3) is 5.69 Å². The zero-order chi connectivity index (χ0) is 17.8. The Bertz CT molecular complexity index is 1020. The molecule has 0 bridgehead atoms. The lowest BCUT2D eigenvalue weighted by molar-refractivity contribution is -0.384. The zero-order valence-corrected chi connectivity index (χ0v) is 12.8. The Morgan fingerprint density at radius 2 is 1.96 bits per heavy atom. The molecule has 0 spiro atoms. The van der Waals surface area contributed by atoms with Crippen LogP contribution in [0, 0.1) is 27.3 Å². The van der Waals surface area contributed by atoms with E-state index in [2.05, 4.69) is 0 Å². The number of nitriles is 1. The number of allylic oxidation sites excluding steroid dienone is 1. The van der Waals surface area contributed by atoms with Gasteiger partial charge in [-0.15, -0.1) is 0 Å². The third-order valence-corrected chi connectivity index (χ3v) is 3.51. The fourth-order valence-electron chi connectivity index (χ4n) is 2.34. The summed E-state index contributed by atoms with van der Waals surface area (Å²) >= 11 is 0. The van der Waals surface area contributed by atoms with Crippen LogP contribution in [0.4, 0.5) is 10.1 Å². The summed E-state index contributed by atoms with van der Waals surface area (Å²) in [6.07, 6.45) is 1.50. The van der Waals surface area contributed by atoms with E-state index >= 15 is 0 Å². The zero-order valence-electron chi connectivity index (χ0n) is 12.8. The average molecular weight is 334 g/mol. The van der Waals surface area contributed by atoms with Gasteiger partial charge in [0, 0.05) is 17.7 Å². The average Bonchev–Trinajstić information content (AvgIpc) is 3.08. The highest BCUT2D eigenvalue weighted by atomic mass is 19.1. The van der Waals surface area contributed by atoms with Crippen LogP contribution in [0.2, 0.25) is 0 Å². The van der Waals surface area contributed by atoms with Crippen LogP contribution in [0.25, 0.3) is 23.0 Å². The van der Waals surface area contributed by atoms with Crippen molar-refractivity contribution in [2.75, 3.05) is 0 Å². The van der Waals surface area contributed by atoms with Crippen LogP contribution in [-0.2, 0) is 0 Å². The van der Waals surface area contributed by atoms with Crippen LogP contribution in [0.15, 0.2) is 65.1 Å². The van der Waals surface area contributed by atoms with Gasteiger partial charge in [-0.2, -0.15) is 5.26 Å². The summed E-state index contributed by atoms with van der Waals surface area (Å²) in [4.78, 5) is 10.4. The van der Waals surface area contributed by atoms with Crippen molar-refractivity contribution in [3.8, 4) is 17.4 Å². The predicted molar refractivity (Wildman–Crippen MR) is 90.7 cm³/mol. The number of nitro groups is 1. The molecule has 6 heteroatoms. The van der Waals surface area contributed by atoms with Gasteiger partial charge in [0.2, 0.25) is 0 Å². The van der Waals surface area contributed by atoms with E-state index in [1.807, 2.05) is 6.07 Å². The first kappa shape index (κ1) is 16.1. The van der Waals surface area contributed by atoms with Crippen LogP contribution < -0.4 is 0 Å². The standard InChI is InChI=1S/C19H11FN2O3/c20-16-5-1-3-13(9-16)15(12-21)11-18-7-8-19(25-18)14-4-2-6-17(10-14)22(23)24/h1-11H. The molecule has 122 valence electrons. The maximum absolute atomic E-state index is 13.3. The lowest BCUT2D eigenvalue weighted by atomic mass is 10.1. The number of furan rings is 1. The lowest BCUT2D eigenvalue weighted by Gasteiger charge is -1.99. The van der Waals surface area contributed by atoms with Gasteiger partial charge >= 0.3 is 0 Å². The summed E-state index contributed by atoms with van der Waals surface area (Å²) in [5.41, 5.74) is 1.21. The number of hydrogen-bond acceptors (Lipinski definition) is 4. The molecule has 0 N–H and O–H groups in total. The molecular formula is C19H11FN2O3. The topological polar surface area (TPSA) is 80.1 Å². The Hall–Kier alpha value is -3.72.